The monoisotopic (exact) mass is 348 g/mol. The lowest BCUT2D eigenvalue weighted by atomic mass is 9.87. The number of hydrogen-bond donors (Lipinski definition) is 3. The summed E-state index contributed by atoms with van der Waals surface area (Å²) in [7, 11) is 0. The third-order valence-electron chi connectivity index (χ3n) is 5.33. The van der Waals surface area contributed by atoms with Crippen LogP contribution in [0.4, 0.5) is 5.69 Å². The van der Waals surface area contributed by atoms with Crippen LogP contribution < -0.4 is 10.6 Å². The van der Waals surface area contributed by atoms with Crippen molar-refractivity contribution >= 4 is 22.5 Å². The number of fused-ring (bicyclic) bond motifs is 1. The normalized spacial score (nSPS) is 18.6. The van der Waals surface area contributed by atoms with Crippen LogP contribution in [0.1, 0.15) is 19.8 Å². The fourth-order valence-electron chi connectivity index (χ4n) is 3.70. The number of carbonyl (C=O) groups is 1. The largest absolute Gasteiger partial charge is 0.326 e. The topological polar surface area (TPSA) is 69.8 Å². The lowest BCUT2D eigenvalue weighted by molar-refractivity contribution is -0.121. The predicted molar refractivity (Wildman–Crippen MR) is 105 cm³/mol. The smallest absolute Gasteiger partial charge is 0.227 e. The SMILES string of the molecule is CC(C(=O)Nc1cccc(-c2n[nH]c3ccccc23)c1)C1CCCNC1. The number of aromatic amines is 1. The highest BCUT2D eigenvalue weighted by Gasteiger charge is 2.25. The minimum atomic E-state index is -0.00216. The molecule has 1 amide bonds. The van der Waals surface area contributed by atoms with E-state index in [1.165, 1.54) is 0 Å². The molecular formula is C21H24N4O. The number of nitrogens with one attached hydrogen (secondary N) is 3. The third-order valence-corrected chi connectivity index (χ3v) is 5.33. The lowest BCUT2D eigenvalue weighted by Crippen LogP contribution is -2.37. The summed E-state index contributed by atoms with van der Waals surface area (Å²) in [5.41, 5.74) is 3.72. The van der Waals surface area contributed by atoms with Crippen LogP contribution in [0.25, 0.3) is 22.2 Å². The van der Waals surface area contributed by atoms with Crippen LogP contribution in [0.3, 0.4) is 0 Å². The van der Waals surface area contributed by atoms with Crippen molar-refractivity contribution in [1.29, 1.82) is 0 Å². The van der Waals surface area contributed by atoms with Crippen LogP contribution in [0.15, 0.2) is 48.5 Å². The zero-order valence-corrected chi connectivity index (χ0v) is 15.0. The van der Waals surface area contributed by atoms with Crippen molar-refractivity contribution in [2.45, 2.75) is 19.8 Å². The molecule has 1 aliphatic rings. The summed E-state index contributed by atoms with van der Waals surface area (Å²) in [6, 6.07) is 16.0. The lowest BCUT2D eigenvalue weighted by Gasteiger charge is -2.27. The Balaban J connectivity index is 1.53. The molecule has 5 nitrogen and oxygen atoms in total. The first-order valence-electron chi connectivity index (χ1n) is 9.27. The highest BCUT2D eigenvalue weighted by atomic mass is 16.1. The van der Waals surface area contributed by atoms with Crippen molar-refractivity contribution in [1.82, 2.24) is 15.5 Å². The zero-order chi connectivity index (χ0) is 17.9. The van der Waals surface area contributed by atoms with E-state index in [0.717, 1.165) is 53.8 Å². The highest BCUT2D eigenvalue weighted by molar-refractivity contribution is 5.96. The van der Waals surface area contributed by atoms with Gasteiger partial charge in [0.25, 0.3) is 0 Å². The highest BCUT2D eigenvalue weighted by Crippen LogP contribution is 2.28. The van der Waals surface area contributed by atoms with E-state index < -0.39 is 0 Å². The number of rotatable bonds is 4. The summed E-state index contributed by atoms with van der Waals surface area (Å²) in [5, 5.41) is 15.1. The number of para-hydroxylation sites is 1. The standard InChI is InChI=1S/C21H24N4O/c1-14(16-7-5-11-22-13-16)21(26)23-17-8-4-6-15(12-17)20-18-9-2-3-10-19(18)24-25-20/h2-4,6,8-10,12,14,16,22H,5,7,11,13H2,1H3,(H,23,26)(H,24,25). The number of amides is 1. The van der Waals surface area contributed by atoms with Crippen molar-refractivity contribution in [3.8, 4) is 11.3 Å². The van der Waals surface area contributed by atoms with E-state index in [1.54, 1.807) is 0 Å². The van der Waals surface area contributed by atoms with Crippen LogP contribution in [-0.2, 0) is 4.79 Å². The van der Waals surface area contributed by atoms with Gasteiger partial charge in [0.05, 0.1) is 11.2 Å². The van der Waals surface area contributed by atoms with E-state index in [4.69, 9.17) is 0 Å². The molecule has 2 aromatic carbocycles. The average molecular weight is 348 g/mol. The van der Waals surface area contributed by atoms with E-state index in [1.807, 2.05) is 49.4 Å². The number of carbonyl (C=O) groups excluding carboxylic acids is 1. The number of piperidine rings is 1. The fourth-order valence-corrected chi connectivity index (χ4v) is 3.70. The van der Waals surface area contributed by atoms with Crippen LogP contribution >= 0.6 is 0 Å². The Morgan fingerprint density at radius 2 is 2.12 bits per heavy atom. The second kappa shape index (κ2) is 7.30. The van der Waals surface area contributed by atoms with Crippen molar-refractivity contribution < 1.29 is 4.79 Å². The molecule has 3 N–H and O–H groups in total. The molecule has 0 aliphatic carbocycles. The molecule has 2 heterocycles. The first kappa shape index (κ1) is 16.8. The Morgan fingerprint density at radius 1 is 1.23 bits per heavy atom. The van der Waals surface area contributed by atoms with Crippen molar-refractivity contribution in [2.24, 2.45) is 11.8 Å². The summed E-state index contributed by atoms with van der Waals surface area (Å²) in [4.78, 5) is 12.7. The molecule has 3 aromatic rings. The molecule has 1 aliphatic heterocycles. The first-order chi connectivity index (χ1) is 12.7. The molecule has 26 heavy (non-hydrogen) atoms. The van der Waals surface area contributed by atoms with Gasteiger partial charge in [-0.2, -0.15) is 5.10 Å². The Kier molecular flexibility index (Phi) is 4.71. The third kappa shape index (κ3) is 3.35. The van der Waals surface area contributed by atoms with E-state index in [2.05, 4.69) is 26.9 Å². The average Bonchev–Trinajstić information content (AvgIpc) is 3.12. The zero-order valence-electron chi connectivity index (χ0n) is 15.0. The van der Waals surface area contributed by atoms with E-state index in [0.29, 0.717) is 5.92 Å². The van der Waals surface area contributed by atoms with Gasteiger partial charge in [0.1, 0.15) is 0 Å². The van der Waals surface area contributed by atoms with Gasteiger partial charge in [0.2, 0.25) is 5.91 Å². The molecule has 0 saturated carbocycles. The van der Waals surface area contributed by atoms with Gasteiger partial charge in [-0.3, -0.25) is 9.89 Å². The van der Waals surface area contributed by atoms with Gasteiger partial charge >= 0.3 is 0 Å². The van der Waals surface area contributed by atoms with Gasteiger partial charge in [0, 0.05) is 22.6 Å². The summed E-state index contributed by atoms with van der Waals surface area (Å²) in [6.45, 7) is 4.01. The Bertz CT molecular complexity index is 911. The first-order valence-corrected chi connectivity index (χ1v) is 9.27. The molecule has 2 atom stereocenters. The number of hydrogen-bond acceptors (Lipinski definition) is 3. The van der Waals surface area contributed by atoms with E-state index >= 15 is 0 Å². The van der Waals surface area contributed by atoms with Gasteiger partial charge in [-0.25, -0.2) is 0 Å². The number of anilines is 1. The predicted octanol–water partition coefficient (Wildman–Crippen LogP) is 3.80. The molecule has 0 spiro atoms. The van der Waals surface area contributed by atoms with Crippen LogP contribution in [0.2, 0.25) is 0 Å². The van der Waals surface area contributed by atoms with E-state index in [9.17, 15) is 4.79 Å². The second-order valence-electron chi connectivity index (χ2n) is 7.08. The Morgan fingerprint density at radius 3 is 2.96 bits per heavy atom. The maximum absolute atomic E-state index is 12.7. The minimum absolute atomic E-state index is 0.00216. The molecular weight excluding hydrogens is 324 g/mol. The van der Waals surface area contributed by atoms with Gasteiger partial charge in [-0.05, 0) is 50.0 Å². The fraction of sp³-hybridized carbons (Fsp3) is 0.333. The second-order valence-corrected chi connectivity index (χ2v) is 7.08. The summed E-state index contributed by atoms with van der Waals surface area (Å²) < 4.78 is 0. The molecule has 0 radical (unpaired) electrons. The molecule has 0 bridgehead atoms. The van der Waals surface area contributed by atoms with Gasteiger partial charge < -0.3 is 10.6 Å². The minimum Gasteiger partial charge on any atom is -0.326 e. The van der Waals surface area contributed by atoms with Crippen molar-refractivity contribution in [3.63, 3.8) is 0 Å². The molecule has 1 fully saturated rings. The van der Waals surface area contributed by atoms with E-state index in [-0.39, 0.29) is 11.8 Å². The summed E-state index contributed by atoms with van der Waals surface area (Å²) >= 11 is 0. The molecule has 5 heteroatoms. The molecule has 4 rings (SSSR count). The molecule has 134 valence electrons. The van der Waals surface area contributed by atoms with Gasteiger partial charge in [0.15, 0.2) is 0 Å². The number of H-pyrrole nitrogens is 1. The molecule has 2 unspecified atom stereocenters. The van der Waals surface area contributed by atoms with Crippen LogP contribution in [0, 0.1) is 11.8 Å². The van der Waals surface area contributed by atoms with Crippen LogP contribution in [0.5, 0.6) is 0 Å². The van der Waals surface area contributed by atoms with Crippen LogP contribution in [-0.4, -0.2) is 29.2 Å². The quantitative estimate of drug-likeness (QED) is 0.671. The van der Waals surface area contributed by atoms with Gasteiger partial charge in [-0.1, -0.05) is 37.3 Å². The summed E-state index contributed by atoms with van der Waals surface area (Å²) in [6.07, 6.45) is 2.25. The van der Waals surface area contributed by atoms with Crippen molar-refractivity contribution in [2.75, 3.05) is 18.4 Å². The number of benzene rings is 2. The number of aromatic nitrogens is 2. The maximum atomic E-state index is 12.7. The summed E-state index contributed by atoms with van der Waals surface area (Å²) in [5.74, 6) is 0.489. The maximum Gasteiger partial charge on any atom is 0.227 e. The van der Waals surface area contributed by atoms with Crippen molar-refractivity contribution in [3.05, 3.63) is 48.5 Å². The molecule has 1 saturated heterocycles. The van der Waals surface area contributed by atoms with Gasteiger partial charge in [-0.15, -0.1) is 0 Å². The Labute approximate surface area is 153 Å². The molecule has 1 aromatic heterocycles. The Hall–Kier alpha value is -2.66. The number of nitrogens with zero attached hydrogens (tertiary/aromatic N) is 1.